The van der Waals surface area contributed by atoms with Gasteiger partial charge in [-0.05, 0) is 12.1 Å². The first-order chi connectivity index (χ1) is 9.49. The van der Waals surface area contributed by atoms with Crippen LogP contribution in [0.2, 0.25) is 0 Å². The van der Waals surface area contributed by atoms with Crippen molar-refractivity contribution in [3.05, 3.63) is 62.7 Å². The summed E-state index contributed by atoms with van der Waals surface area (Å²) in [5.74, 6) is 0. The van der Waals surface area contributed by atoms with Gasteiger partial charge in [0, 0.05) is 11.8 Å². The summed E-state index contributed by atoms with van der Waals surface area (Å²) in [6.45, 7) is 0. The monoisotopic (exact) mass is 290 g/mol. The summed E-state index contributed by atoms with van der Waals surface area (Å²) in [5, 5.41) is 24.5. The minimum absolute atomic E-state index is 0.151. The Kier molecular flexibility index (Phi) is 3.76. The molecule has 0 saturated carbocycles. The molecule has 0 spiro atoms. The molecule has 2 rings (SSSR count). The Bertz CT molecular complexity index is 690. The Labute approximate surface area is 118 Å². The van der Waals surface area contributed by atoms with E-state index in [2.05, 4.69) is 5.32 Å². The molecule has 0 atom stereocenters. The van der Waals surface area contributed by atoms with Gasteiger partial charge < -0.3 is 17.9 Å². The van der Waals surface area contributed by atoms with Crippen molar-refractivity contribution in [2.45, 2.75) is 4.90 Å². The van der Waals surface area contributed by atoms with Gasteiger partial charge in [0.05, 0.1) is 15.9 Å². The molecule has 102 valence electrons. The molecule has 0 aromatic heterocycles. The molecule has 0 amide bonds. The van der Waals surface area contributed by atoms with E-state index < -0.39 is 9.85 Å². The van der Waals surface area contributed by atoms with Gasteiger partial charge in [-0.3, -0.25) is 20.2 Å². The van der Waals surface area contributed by atoms with E-state index >= 15 is 0 Å². The summed E-state index contributed by atoms with van der Waals surface area (Å²) in [7, 11) is 0. The van der Waals surface area contributed by atoms with Crippen LogP contribution >= 0.6 is 0 Å². The van der Waals surface area contributed by atoms with Crippen LogP contribution in [0.15, 0.2) is 47.4 Å². The van der Waals surface area contributed by atoms with Gasteiger partial charge in [0.25, 0.3) is 11.4 Å². The van der Waals surface area contributed by atoms with E-state index in [0.29, 0.717) is 10.6 Å². The van der Waals surface area contributed by atoms with Crippen LogP contribution in [0.3, 0.4) is 0 Å². The van der Waals surface area contributed by atoms with Crippen molar-refractivity contribution in [2.24, 2.45) is 0 Å². The van der Waals surface area contributed by atoms with Crippen LogP contribution in [0.4, 0.5) is 22.7 Å². The number of anilines is 2. The van der Waals surface area contributed by atoms with Crippen molar-refractivity contribution in [3.8, 4) is 0 Å². The molecule has 1 N–H and O–H groups in total. The Morgan fingerprint density at radius 1 is 0.950 bits per heavy atom. The molecule has 0 aliphatic carbocycles. The van der Waals surface area contributed by atoms with Crippen LogP contribution in [0.1, 0.15) is 0 Å². The SMILES string of the molecule is O=[N+]([O-])c1ccc(Nc2ccccc2[S-])c([N+](=O)[O-])c1. The van der Waals surface area contributed by atoms with E-state index in [9.17, 15) is 20.2 Å². The average molecular weight is 290 g/mol. The fraction of sp³-hybridized carbons (Fsp3) is 0. The van der Waals surface area contributed by atoms with E-state index in [-0.39, 0.29) is 17.1 Å². The van der Waals surface area contributed by atoms with Gasteiger partial charge in [0.15, 0.2) is 0 Å². The number of hydrogen-bond acceptors (Lipinski definition) is 6. The summed E-state index contributed by atoms with van der Waals surface area (Å²) >= 11 is 5.09. The highest BCUT2D eigenvalue weighted by atomic mass is 32.1. The van der Waals surface area contributed by atoms with Crippen molar-refractivity contribution >= 4 is 35.4 Å². The van der Waals surface area contributed by atoms with E-state index in [1.807, 2.05) is 0 Å². The number of nitrogens with zero attached hydrogens (tertiary/aromatic N) is 2. The molecule has 0 radical (unpaired) electrons. The Morgan fingerprint density at radius 3 is 2.25 bits per heavy atom. The highest BCUT2D eigenvalue weighted by molar-refractivity contribution is 7.59. The third-order valence-electron chi connectivity index (χ3n) is 2.55. The number of non-ortho nitro benzene ring substituents is 1. The molecule has 2 aromatic carbocycles. The topological polar surface area (TPSA) is 98.3 Å². The molecule has 0 saturated heterocycles. The van der Waals surface area contributed by atoms with E-state index in [1.54, 1.807) is 24.3 Å². The first kappa shape index (κ1) is 13.7. The molecule has 0 unspecified atom stereocenters. The maximum Gasteiger partial charge on any atom is 0.299 e. The van der Waals surface area contributed by atoms with Crippen molar-refractivity contribution < 1.29 is 9.85 Å². The molecule has 0 aliphatic rings. The molecule has 0 bridgehead atoms. The van der Waals surface area contributed by atoms with Gasteiger partial charge in [-0.1, -0.05) is 18.2 Å². The number of nitro benzene ring substituents is 2. The fourth-order valence-electron chi connectivity index (χ4n) is 1.61. The molecule has 0 fully saturated rings. The normalized spacial score (nSPS) is 10.0. The lowest BCUT2D eigenvalue weighted by atomic mass is 10.2. The largest absolute Gasteiger partial charge is 0.778 e. The standard InChI is InChI=1S/C12H9N3O4S/c16-14(17)8-5-6-9(11(7-8)15(18)19)13-10-3-1-2-4-12(10)20/h1-7,13,20H/p-1. The average Bonchev–Trinajstić information content (AvgIpc) is 2.41. The number of para-hydroxylation sites is 1. The van der Waals surface area contributed by atoms with Crippen molar-refractivity contribution in [1.82, 2.24) is 0 Å². The van der Waals surface area contributed by atoms with Crippen molar-refractivity contribution in [1.29, 1.82) is 0 Å². The molecule has 0 aliphatic heterocycles. The Morgan fingerprint density at radius 2 is 1.65 bits per heavy atom. The Balaban J connectivity index is 2.44. The van der Waals surface area contributed by atoms with Gasteiger partial charge in [-0.25, -0.2) is 0 Å². The second-order valence-corrected chi connectivity index (χ2v) is 4.28. The molecule has 2 aromatic rings. The minimum Gasteiger partial charge on any atom is -0.778 e. The van der Waals surface area contributed by atoms with Crippen LogP contribution in [-0.2, 0) is 12.6 Å². The van der Waals surface area contributed by atoms with Crippen LogP contribution in [0.5, 0.6) is 0 Å². The lowest BCUT2D eigenvalue weighted by Gasteiger charge is -2.15. The third-order valence-corrected chi connectivity index (χ3v) is 2.90. The van der Waals surface area contributed by atoms with Crippen LogP contribution in [0, 0.1) is 20.2 Å². The number of hydrogen-bond donors (Lipinski definition) is 1. The summed E-state index contributed by atoms with van der Waals surface area (Å²) < 4.78 is 0. The lowest BCUT2D eigenvalue weighted by molar-refractivity contribution is -0.393. The summed E-state index contributed by atoms with van der Waals surface area (Å²) in [6, 6.07) is 10.2. The molecular formula is C12H8N3O4S-. The number of nitro groups is 2. The van der Waals surface area contributed by atoms with Crippen molar-refractivity contribution in [2.75, 3.05) is 5.32 Å². The van der Waals surface area contributed by atoms with Crippen LogP contribution < -0.4 is 5.32 Å². The zero-order valence-electron chi connectivity index (χ0n) is 9.98. The summed E-state index contributed by atoms with van der Waals surface area (Å²) in [5.41, 5.74) is -0.0382. The molecule has 0 heterocycles. The molecule has 20 heavy (non-hydrogen) atoms. The van der Waals surface area contributed by atoms with E-state index in [0.717, 1.165) is 6.07 Å². The van der Waals surface area contributed by atoms with Gasteiger partial charge in [-0.2, -0.15) is 4.90 Å². The van der Waals surface area contributed by atoms with Crippen LogP contribution in [-0.4, -0.2) is 9.85 Å². The van der Waals surface area contributed by atoms with E-state index in [1.165, 1.54) is 12.1 Å². The maximum atomic E-state index is 11.0. The second-order valence-electron chi connectivity index (χ2n) is 3.84. The quantitative estimate of drug-likeness (QED) is 0.527. The minimum atomic E-state index is -0.683. The van der Waals surface area contributed by atoms with Gasteiger partial charge in [-0.15, -0.1) is 0 Å². The second kappa shape index (κ2) is 5.49. The van der Waals surface area contributed by atoms with E-state index in [4.69, 9.17) is 12.6 Å². The highest BCUT2D eigenvalue weighted by Crippen LogP contribution is 2.32. The van der Waals surface area contributed by atoms with Gasteiger partial charge in [0.2, 0.25) is 0 Å². The summed E-state index contributed by atoms with van der Waals surface area (Å²) in [6.07, 6.45) is 0. The smallest absolute Gasteiger partial charge is 0.299 e. The zero-order chi connectivity index (χ0) is 14.7. The maximum absolute atomic E-state index is 11.0. The molecule has 8 heteroatoms. The molecule has 7 nitrogen and oxygen atoms in total. The lowest BCUT2D eigenvalue weighted by Crippen LogP contribution is -1.99. The first-order valence-electron chi connectivity index (χ1n) is 5.45. The first-order valence-corrected chi connectivity index (χ1v) is 5.86. The van der Waals surface area contributed by atoms with Crippen LogP contribution in [0.25, 0.3) is 0 Å². The van der Waals surface area contributed by atoms with Crippen molar-refractivity contribution in [3.63, 3.8) is 0 Å². The number of nitrogens with one attached hydrogen (secondary N) is 1. The predicted molar refractivity (Wildman–Crippen MR) is 75.1 cm³/mol. The number of benzene rings is 2. The van der Waals surface area contributed by atoms with Gasteiger partial charge >= 0.3 is 0 Å². The predicted octanol–water partition coefficient (Wildman–Crippen LogP) is 3.15. The third kappa shape index (κ3) is 2.81. The van der Waals surface area contributed by atoms with Gasteiger partial charge in [0.1, 0.15) is 5.69 Å². The fourth-order valence-corrected chi connectivity index (χ4v) is 1.80. The zero-order valence-corrected chi connectivity index (χ0v) is 10.8. The molecular weight excluding hydrogens is 282 g/mol. The number of rotatable bonds is 4. The summed E-state index contributed by atoms with van der Waals surface area (Å²) in [4.78, 5) is 20.8. The Hall–Kier alpha value is -2.74. The highest BCUT2D eigenvalue weighted by Gasteiger charge is 2.19.